The number of hydrogen-bond donors (Lipinski definition) is 1. The minimum atomic E-state index is -0.228. The number of rotatable bonds is 7. The average Bonchev–Trinajstić information content (AvgIpc) is 3.08. The maximum Gasteiger partial charge on any atom is 0.350 e. The number of ether oxygens (including phenoxy) is 1. The highest BCUT2D eigenvalue weighted by molar-refractivity contribution is 7.13. The molecule has 1 saturated carbocycles. The van der Waals surface area contributed by atoms with Gasteiger partial charge in [-0.1, -0.05) is 13.8 Å². The van der Waals surface area contributed by atoms with Crippen molar-refractivity contribution in [2.75, 3.05) is 6.61 Å². The molecule has 1 aliphatic carbocycles. The second-order valence-corrected chi connectivity index (χ2v) is 6.44. The Bertz CT molecular complexity index is 439. The van der Waals surface area contributed by atoms with Crippen LogP contribution < -0.4 is 5.32 Å². The highest BCUT2D eigenvalue weighted by Gasteiger charge is 2.23. The van der Waals surface area contributed by atoms with Crippen molar-refractivity contribution in [2.45, 2.75) is 52.6 Å². The normalized spacial score (nSPS) is 14.9. The highest BCUT2D eigenvalue weighted by Crippen LogP contribution is 2.24. The number of nitrogens with one attached hydrogen (secondary N) is 1. The third kappa shape index (κ3) is 4.28. The van der Waals surface area contributed by atoms with Crippen LogP contribution in [0.2, 0.25) is 0 Å². The van der Waals surface area contributed by atoms with Crippen molar-refractivity contribution in [1.82, 2.24) is 10.3 Å². The molecule has 1 aliphatic rings. The quantitative estimate of drug-likeness (QED) is 0.781. The molecular weight excluding hydrogens is 260 g/mol. The van der Waals surface area contributed by atoms with Crippen molar-refractivity contribution in [3.63, 3.8) is 0 Å². The standard InChI is InChI=1S/C14H22N2O2S/c1-4-18-14(17)13-11(7-9(2)3)16-12(19-13)8-15-10-5-6-10/h9-10,15H,4-8H2,1-3H3. The van der Waals surface area contributed by atoms with E-state index in [9.17, 15) is 4.79 Å². The maximum absolute atomic E-state index is 11.9. The number of aromatic nitrogens is 1. The van der Waals surface area contributed by atoms with Crippen LogP contribution >= 0.6 is 11.3 Å². The van der Waals surface area contributed by atoms with E-state index in [-0.39, 0.29) is 5.97 Å². The lowest BCUT2D eigenvalue weighted by Crippen LogP contribution is -2.15. The molecule has 0 unspecified atom stereocenters. The van der Waals surface area contributed by atoms with Gasteiger partial charge >= 0.3 is 5.97 Å². The van der Waals surface area contributed by atoms with Crippen molar-refractivity contribution in [3.8, 4) is 0 Å². The molecule has 0 amide bonds. The number of esters is 1. The zero-order valence-corrected chi connectivity index (χ0v) is 12.7. The Kier molecular flexibility index (Phi) is 4.93. The first kappa shape index (κ1) is 14.5. The number of thiazole rings is 1. The van der Waals surface area contributed by atoms with Crippen LogP contribution in [0.1, 0.15) is 54.0 Å². The fraction of sp³-hybridized carbons (Fsp3) is 0.714. The first-order valence-electron chi connectivity index (χ1n) is 6.99. The Morgan fingerprint density at radius 3 is 2.84 bits per heavy atom. The molecular formula is C14H22N2O2S. The van der Waals surface area contributed by atoms with Crippen LogP contribution in [0.5, 0.6) is 0 Å². The van der Waals surface area contributed by atoms with E-state index in [1.807, 2.05) is 6.92 Å². The minimum absolute atomic E-state index is 0.228. The fourth-order valence-corrected chi connectivity index (χ4v) is 2.81. The summed E-state index contributed by atoms with van der Waals surface area (Å²) in [5.74, 6) is 0.257. The molecule has 1 aromatic rings. The third-order valence-electron chi connectivity index (χ3n) is 2.92. The van der Waals surface area contributed by atoms with Gasteiger partial charge in [0.05, 0.1) is 12.3 Å². The molecule has 1 fully saturated rings. The summed E-state index contributed by atoms with van der Waals surface area (Å²) in [6, 6.07) is 0.656. The Morgan fingerprint density at radius 2 is 2.26 bits per heavy atom. The number of hydrogen-bond acceptors (Lipinski definition) is 5. The van der Waals surface area contributed by atoms with Gasteiger partial charge in [-0.05, 0) is 32.1 Å². The number of nitrogens with zero attached hydrogens (tertiary/aromatic N) is 1. The highest BCUT2D eigenvalue weighted by atomic mass is 32.1. The zero-order chi connectivity index (χ0) is 13.8. The molecule has 0 bridgehead atoms. The largest absolute Gasteiger partial charge is 0.462 e. The predicted molar refractivity (Wildman–Crippen MR) is 76.5 cm³/mol. The van der Waals surface area contributed by atoms with Crippen LogP contribution in [-0.2, 0) is 17.7 Å². The zero-order valence-electron chi connectivity index (χ0n) is 11.9. The van der Waals surface area contributed by atoms with Crippen LogP contribution in [-0.4, -0.2) is 23.6 Å². The van der Waals surface area contributed by atoms with Crippen LogP contribution in [0, 0.1) is 5.92 Å². The molecule has 1 aromatic heterocycles. The van der Waals surface area contributed by atoms with E-state index in [4.69, 9.17) is 4.74 Å². The van der Waals surface area contributed by atoms with Gasteiger partial charge in [-0.2, -0.15) is 0 Å². The third-order valence-corrected chi connectivity index (χ3v) is 4.00. The Hall–Kier alpha value is -0.940. The van der Waals surface area contributed by atoms with Crippen LogP contribution in [0.3, 0.4) is 0 Å². The smallest absolute Gasteiger partial charge is 0.350 e. The molecule has 106 valence electrons. The summed E-state index contributed by atoms with van der Waals surface area (Å²) >= 11 is 1.47. The summed E-state index contributed by atoms with van der Waals surface area (Å²) in [6.45, 7) is 7.27. The molecule has 0 saturated heterocycles. The first-order valence-corrected chi connectivity index (χ1v) is 7.80. The summed E-state index contributed by atoms with van der Waals surface area (Å²) in [5, 5.41) is 4.42. The van der Waals surface area contributed by atoms with Crippen LogP contribution in [0.15, 0.2) is 0 Å². The summed E-state index contributed by atoms with van der Waals surface area (Å²) in [7, 11) is 0. The molecule has 0 spiro atoms. The van der Waals surface area contributed by atoms with Crippen molar-refractivity contribution < 1.29 is 9.53 Å². The molecule has 5 heteroatoms. The van der Waals surface area contributed by atoms with E-state index in [1.165, 1.54) is 24.2 Å². The van der Waals surface area contributed by atoms with Crippen molar-refractivity contribution in [1.29, 1.82) is 0 Å². The Balaban J connectivity index is 2.09. The van der Waals surface area contributed by atoms with Gasteiger partial charge in [-0.15, -0.1) is 11.3 Å². The Labute approximate surface area is 118 Å². The lowest BCUT2D eigenvalue weighted by Gasteiger charge is -2.04. The lowest BCUT2D eigenvalue weighted by atomic mass is 10.1. The minimum Gasteiger partial charge on any atom is -0.462 e. The van der Waals surface area contributed by atoms with Crippen molar-refractivity contribution in [2.24, 2.45) is 5.92 Å². The summed E-state index contributed by atoms with van der Waals surface area (Å²) in [4.78, 5) is 17.2. The number of carbonyl (C=O) groups is 1. The van der Waals surface area contributed by atoms with Gasteiger partial charge in [-0.25, -0.2) is 9.78 Å². The molecule has 1 heterocycles. The molecule has 0 aliphatic heterocycles. The summed E-state index contributed by atoms with van der Waals surface area (Å²) in [5.41, 5.74) is 0.894. The van der Waals surface area contributed by atoms with Gasteiger partial charge < -0.3 is 10.1 Å². The van der Waals surface area contributed by atoms with E-state index >= 15 is 0 Å². The summed E-state index contributed by atoms with van der Waals surface area (Å²) in [6.07, 6.45) is 3.35. The van der Waals surface area contributed by atoms with Crippen molar-refractivity contribution in [3.05, 3.63) is 15.6 Å². The van der Waals surface area contributed by atoms with Gasteiger partial charge in [0.1, 0.15) is 9.88 Å². The molecule has 0 atom stereocenters. The molecule has 19 heavy (non-hydrogen) atoms. The van der Waals surface area contributed by atoms with Crippen LogP contribution in [0.4, 0.5) is 0 Å². The maximum atomic E-state index is 11.9. The second kappa shape index (κ2) is 6.48. The molecule has 0 aromatic carbocycles. The van der Waals surface area contributed by atoms with E-state index < -0.39 is 0 Å². The van der Waals surface area contributed by atoms with E-state index in [0.717, 1.165) is 23.7 Å². The molecule has 4 nitrogen and oxygen atoms in total. The molecule has 2 rings (SSSR count). The molecule has 1 N–H and O–H groups in total. The molecule has 0 radical (unpaired) electrons. The van der Waals surface area contributed by atoms with Gasteiger partial charge in [0.25, 0.3) is 0 Å². The average molecular weight is 282 g/mol. The van der Waals surface area contributed by atoms with E-state index in [1.54, 1.807) is 0 Å². The van der Waals surface area contributed by atoms with Gasteiger partial charge in [0.2, 0.25) is 0 Å². The topological polar surface area (TPSA) is 51.2 Å². The predicted octanol–water partition coefficient (Wildman–Crippen LogP) is 2.77. The van der Waals surface area contributed by atoms with E-state index in [0.29, 0.717) is 23.4 Å². The van der Waals surface area contributed by atoms with Gasteiger partial charge in [-0.3, -0.25) is 0 Å². The van der Waals surface area contributed by atoms with Gasteiger partial charge in [0.15, 0.2) is 0 Å². The Morgan fingerprint density at radius 1 is 1.53 bits per heavy atom. The van der Waals surface area contributed by atoms with E-state index in [2.05, 4.69) is 24.1 Å². The first-order chi connectivity index (χ1) is 9.10. The monoisotopic (exact) mass is 282 g/mol. The van der Waals surface area contributed by atoms with Crippen molar-refractivity contribution >= 4 is 17.3 Å². The number of carbonyl (C=O) groups excluding carboxylic acids is 1. The SMILES string of the molecule is CCOC(=O)c1sc(CNC2CC2)nc1CC(C)C. The lowest BCUT2D eigenvalue weighted by molar-refractivity contribution is 0.0530. The summed E-state index contributed by atoms with van der Waals surface area (Å²) < 4.78 is 5.11. The fourth-order valence-electron chi connectivity index (χ4n) is 1.88. The van der Waals surface area contributed by atoms with Gasteiger partial charge in [0, 0.05) is 12.6 Å². The second-order valence-electron chi connectivity index (χ2n) is 5.36. The van der Waals surface area contributed by atoms with Crippen LogP contribution in [0.25, 0.3) is 0 Å².